The number of hydrogen-bond acceptors (Lipinski definition) is 4. The van der Waals surface area contributed by atoms with Gasteiger partial charge in [-0.25, -0.2) is 8.42 Å². The maximum absolute atomic E-state index is 11.5. The van der Waals surface area contributed by atoms with Crippen LogP contribution in [-0.4, -0.2) is 54.5 Å². The number of sulfone groups is 1. The van der Waals surface area contributed by atoms with Crippen LogP contribution < -0.4 is 0 Å². The zero-order valence-corrected chi connectivity index (χ0v) is 10.8. The first-order valence-corrected chi connectivity index (χ1v) is 7.90. The van der Waals surface area contributed by atoms with E-state index < -0.39 is 21.8 Å². The lowest BCUT2D eigenvalue weighted by molar-refractivity contribution is -0.146. The second-order valence-corrected chi connectivity index (χ2v) is 7.51. The van der Waals surface area contributed by atoms with E-state index in [1.165, 1.54) is 0 Å². The van der Waals surface area contributed by atoms with Crippen LogP contribution in [0.3, 0.4) is 0 Å². The molecule has 0 aromatic rings. The molecular formula is C11H19NO4S. The van der Waals surface area contributed by atoms with Gasteiger partial charge in [0.05, 0.1) is 11.5 Å². The number of rotatable bonds is 2. The summed E-state index contributed by atoms with van der Waals surface area (Å²) in [6, 6.07) is -0.592. The lowest BCUT2D eigenvalue weighted by Gasteiger charge is -2.39. The summed E-state index contributed by atoms with van der Waals surface area (Å²) in [5, 5.41) is 9.23. The van der Waals surface area contributed by atoms with Gasteiger partial charge < -0.3 is 5.11 Å². The Kier molecular flexibility index (Phi) is 3.45. The van der Waals surface area contributed by atoms with Crippen LogP contribution in [0.25, 0.3) is 0 Å². The van der Waals surface area contributed by atoms with Crippen LogP contribution in [-0.2, 0) is 14.6 Å². The molecule has 0 radical (unpaired) electrons. The molecule has 2 aliphatic rings. The molecule has 2 fully saturated rings. The minimum absolute atomic E-state index is 0.0893. The van der Waals surface area contributed by atoms with Crippen molar-refractivity contribution in [3.05, 3.63) is 0 Å². The van der Waals surface area contributed by atoms with Gasteiger partial charge in [0.15, 0.2) is 9.84 Å². The summed E-state index contributed by atoms with van der Waals surface area (Å²) in [6.07, 6.45) is 2.17. The minimum atomic E-state index is -2.94. The number of nitrogens with zero attached hydrogens (tertiary/aromatic N) is 1. The smallest absolute Gasteiger partial charge is 0.320 e. The first-order chi connectivity index (χ1) is 7.89. The Morgan fingerprint density at radius 1 is 1.35 bits per heavy atom. The van der Waals surface area contributed by atoms with Crippen LogP contribution in [0.5, 0.6) is 0 Å². The number of likely N-dealkylation sites (tertiary alicyclic amines) is 1. The van der Waals surface area contributed by atoms with E-state index >= 15 is 0 Å². The molecule has 3 unspecified atom stereocenters. The molecule has 0 aromatic carbocycles. The van der Waals surface area contributed by atoms with Gasteiger partial charge in [0.25, 0.3) is 0 Å². The highest BCUT2D eigenvalue weighted by Crippen LogP contribution is 2.28. The molecule has 2 heterocycles. The van der Waals surface area contributed by atoms with Crippen molar-refractivity contribution in [2.24, 2.45) is 5.92 Å². The second-order valence-electron chi connectivity index (χ2n) is 5.28. The van der Waals surface area contributed by atoms with Crippen molar-refractivity contribution >= 4 is 15.8 Å². The molecule has 3 atom stereocenters. The van der Waals surface area contributed by atoms with Crippen LogP contribution in [0.2, 0.25) is 0 Å². The number of hydrogen-bond donors (Lipinski definition) is 1. The Hall–Kier alpha value is -0.620. The van der Waals surface area contributed by atoms with Crippen LogP contribution >= 0.6 is 0 Å². The Morgan fingerprint density at radius 3 is 2.59 bits per heavy atom. The van der Waals surface area contributed by atoms with Gasteiger partial charge in [0.2, 0.25) is 0 Å². The van der Waals surface area contributed by atoms with Crippen molar-refractivity contribution < 1.29 is 18.3 Å². The predicted octanol–water partition coefficient (Wildman–Crippen LogP) is 0.359. The van der Waals surface area contributed by atoms with E-state index in [1.54, 1.807) is 0 Å². The highest BCUT2D eigenvalue weighted by molar-refractivity contribution is 7.91. The Bertz CT molecular complexity index is 406. The molecule has 2 rings (SSSR count). The summed E-state index contributed by atoms with van der Waals surface area (Å²) in [4.78, 5) is 13.1. The van der Waals surface area contributed by atoms with Crippen LogP contribution in [0.1, 0.15) is 26.2 Å². The number of piperidine rings is 1. The zero-order valence-electron chi connectivity index (χ0n) is 10.0. The molecule has 1 N–H and O–H groups in total. The van der Waals surface area contributed by atoms with Crippen molar-refractivity contribution in [2.75, 3.05) is 18.1 Å². The summed E-state index contributed by atoms with van der Waals surface area (Å²) >= 11 is 0. The van der Waals surface area contributed by atoms with Crippen molar-refractivity contribution in [3.63, 3.8) is 0 Å². The van der Waals surface area contributed by atoms with Crippen molar-refractivity contribution in [3.8, 4) is 0 Å². The van der Waals surface area contributed by atoms with Crippen LogP contribution in [0.4, 0.5) is 0 Å². The molecule has 5 nitrogen and oxygen atoms in total. The summed E-state index contributed by atoms with van der Waals surface area (Å²) in [6.45, 7) is 2.76. The van der Waals surface area contributed by atoms with E-state index in [-0.39, 0.29) is 17.5 Å². The van der Waals surface area contributed by atoms with Crippen LogP contribution in [0, 0.1) is 5.92 Å². The first-order valence-electron chi connectivity index (χ1n) is 6.08. The summed E-state index contributed by atoms with van der Waals surface area (Å²) < 4.78 is 22.9. The van der Waals surface area contributed by atoms with E-state index in [9.17, 15) is 18.3 Å². The minimum Gasteiger partial charge on any atom is -0.480 e. The number of aliphatic carboxylic acids is 1. The molecule has 6 heteroatoms. The third-order valence-corrected chi connectivity index (χ3v) is 5.62. The van der Waals surface area contributed by atoms with Gasteiger partial charge in [-0.3, -0.25) is 9.69 Å². The molecule has 0 saturated carbocycles. The monoisotopic (exact) mass is 261 g/mol. The van der Waals surface area contributed by atoms with Gasteiger partial charge in [0, 0.05) is 6.04 Å². The molecule has 17 heavy (non-hydrogen) atoms. The number of carboxylic acids is 1. The third kappa shape index (κ3) is 2.80. The molecule has 98 valence electrons. The van der Waals surface area contributed by atoms with Crippen molar-refractivity contribution in [1.29, 1.82) is 0 Å². The van der Waals surface area contributed by atoms with Gasteiger partial charge in [-0.1, -0.05) is 6.92 Å². The van der Waals surface area contributed by atoms with Crippen molar-refractivity contribution in [1.82, 2.24) is 4.90 Å². The van der Waals surface area contributed by atoms with E-state index in [4.69, 9.17) is 0 Å². The fourth-order valence-corrected chi connectivity index (χ4v) is 4.62. The van der Waals surface area contributed by atoms with E-state index in [0.29, 0.717) is 25.3 Å². The number of carbonyl (C=O) groups is 1. The summed E-state index contributed by atoms with van der Waals surface area (Å²) in [7, 11) is -2.94. The average molecular weight is 261 g/mol. The molecule has 2 aliphatic heterocycles. The molecule has 2 saturated heterocycles. The molecule has 0 aliphatic carbocycles. The predicted molar refractivity (Wildman–Crippen MR) is 63.6 cm³/mol. The van der Waals surface area contributed by atoms with Gasteiger partial charge in [0.1, 0.15) is 6.04 Å². The average Bonchev–Trinajstić information content (AvgIpc) is 2.58. The third-order valence-electron chi connectivity index (χ3n) is 3.87. The fourth-order valence-electron chi connectivity index (χ4n) is 2.88. The van der Waals surface area contributed by atoms with Gasteiger partial charge in [-0.2, -0.15) is 0 Å². The first kappa shape index (κ1) is 12.8. The molecule has 0 aromatic heterocycles. The van der Waals surface area contributed by atoms with Gasteiger partial charge in [-0.05, 0) is 31.7 Å². The Balaban J connectivity index is 2.11. The van der Waals surface area contributed by atoms with Gasteiger partial charge in [-0.15, -0.1) is 0 Å². The van der Waals surface area contributed by atoms with E-state index in [2.05, 4.69) is 6.92 Å². The Morgan fingerprint density at radius 2 is 2.06 bits per heavy atom. The highest BCUT2D eigenvalue weighted by Gasteiger charge is 2.40. The topological polar surface area (TPSA) is 74.7 Å². The van der Waals surface area contributed by atoms with E-state index in [0.717, 1.165) is 6.42 Å². The molecule has 0 bridgehead atoms. The SMILES string of the molecule is CC1CCN(C2CCS(=O)(=O)C2)C(C(=O)O)C1. The normalized spacial score (nSPS) is 38.1. The maximum atomic E-state index is 11.5. The van der Waals surface area contributed by atoms with Crippen molar-refractivity contribution in [2.45, 2.75) is 38.3 Å². The second kappa shape index (κ2) is 4.57. The molecular weight excluding hydrogens is 242 g/mol. The Labute approximate surface area is 102 Å². The molecule has 0 amide bonds. The lowest BCUT2D eigenvalue weighted by Crippen LogP contribution is -2.52. The number of carboxylic acid groups (broad SMARTS) is 1. The highest BCUT2D eigenvalue weighted by atomic mass is 32.2. The summed E-state index contributed by atoms with van der Waals surface area (Å²) in [5.41, 5.74) is 0. The standard InChI is InChI=1S/C11H19NO4S/c1-8-2-4-12(10(6-8)11(13)14)9-3-5-17(15,16)7-9/h8-10H,2-7H2,1H3,(H,13,14). The van der Waals surface area contributed by atoms with E-state index in [1.807, 2.05) is 4.90 Å². The largest absolute Gasteiger partial charge is 0.480 e. The van der Waals surface area contributed by atoms with Crippen LogP contribution in [0.15, 0.2) is 0 Å². The lowest BCUT2D eigenvalue weighted by atomic mass is 9.91. The molecule has 0 spiro atoms. The quantitative estimate of drug-likeness (QED) is 0.777. The maximum Gasteiger partial charge on any atom is 0.320 e. The van der Waals surface area contributed by atoms with Gasteiger partial charge >= 0.3 is 5.97 Å². The fraction of sp³-hybridized carbons (Fsp3) is 0.909. The zero-order chi connectivity index (χ0) is 12.6. The summed E-state index contributed by atoms with van der Waals surface area (Å²) in [5.74, 6) is -0.0764.